The molecular weight excluding hydrogens is 408 g/mol. The molecule has 31 heavy (non-hydrogen) atoms. The van der Waals surface area contributed by atoms with Crippen molar-refractivity contribution in [2.24, 2.45) is 17.2 Å². The van der Waals surface area contributed by atoms with E-state index in [0.29, 0.717) is 5.56 Å². The molecule has 3 unspecified atom stereocenters. The number of carbonyl (C=O) groups is 5. The summed E-state index contributed by atoms with van der Waals surface area (Å²) in [6, 6.07) is 3.12. The molecule has 12 heteroatoms. The molecule has 1 heterocycles. The standard InChI is InChI=1S/C19H24N6O6/c20-11(6-15(21)26)17(28)24-13(18(29)25-14(19(30)31)7-16(22)27)5-9-8-23-12-4-2-1-3-10(9)12/h1-4,8,11,13-14,23H,5-7,20H2,(H2,21,26)(H2,22,27)(H,24,28)(H,25,29)(H,30,31). The maximum Gasteiger partial charge on any atom is 0.326 e. The number of carboxylic acid groups (broad SMARTS) is 1. The molecule has 3 atom stereocenters. The van der Waals surface area contributed by atoms with Crippen molar-refractivity contribution in [3.8, 4) is 0 Å². The second-order valence-electron chi connectivity index (χ2n) is 6.97. The van der Waals surface area contributed by atoms with Crippen molar-refractivity contribution >= 4 is 40.5 Å². The Bertz CT molecular complexity index is 1000. The molecule has 0 aliphatic rings. The second-order valence-corrected chi connectivity index (χ2v) is 6.97. The lowest BCUT2D eigenvalue weighted by molar-refractivity contribution is -0.143. The predicted molar refractivity (Wildman–Crippen MR) is 109 cm³/mol. The Balaban J connectivity index is 2.26. The van der Waals surface area contributed by atoms with E-state index in [0.717, 1.165) is 10.9 Å². The van der Waals surface area contributed by atoms with E-state index in [2.05, 4.69) is 15.6 Å². The van der Waals surface area contributed by atoms with Crippen molar-refractivity contribution in [3.05, 3.63) is 36.0 Å². The second kappa shape index (κ2) is 10.2. The number of rotatable bonds is 11. The van der Waals surface area contributed by atoms with Gasteiger partial charge >= 0.3 is 5.97 Å². The van der Waals surface area contributed by atoms with Crippen molar-refractivity contribution in [2.45, 2.75) is 37.4 Å². The van der Waals surface area contributed by atoms with E-state index < -0.39 is 60.6 Å². The third-order valence-electron chi connectivity index (χ3n) is 4.51. The molecule has 0 aliphatic heterocycles. The summed E-state index contributed by atoms with van der Waals surface area (Å²) in [5.41, 5.74) is 17.2. The van der Waals surface area contributed by atoms with Crippen molar-refractivity contribution in [1.82, 2.24) is 15.6 Å². The maximum atomic E-state index is 12.8. The van der Waals surface area contributed by atoms with E-state index >= 15 is 0 Å². The molecule has 0 fully saturated rings. The van der Waals surface area contributed by atoms with E-state index in [-0.39, 0.29) is 6.42 Å². The molecule has 0 spiro atoms. The number of amides is 4. The summed E-state index contributed by atoms with van der Waals surface area (Å²) in [7, 11) is 0. The number of benzene rings is 1. The summed E-state index contributed by atoms with van der Waals surface area (Å²) < 4.78 is 0. The number of aromatic amines is 1. The first kappa shape index (κ1) is 23.3. The first-order valence-electron chi connectivity index (χ1n) is 9.29. The SMILES string of the molecule is NC(=O)CC(N)C(=O)NC(Cc1c[nH]c2ccccc12)C(=O)NC(CC(N)=O)C(=O)O. The Labute approximate surface area is 176 Å². The van der Waals surface area contributed by atoms with Crippen LogP contribution in [0.3, 0.4) is 0 Å². The number of primary amides is 2. The van der Waals surface area contributed by atoms with Gasteiger partial charge in [-0.15, -0.1) is 0 Å². The smallest absolute Gasteiger partial charge is 0.326 e. The quantitative estimate of drug-likeness (QED) is 0.208. The van der Waals surface area contributed by atoms with Crippen LogP contribution in [0, 0.1) is 0 Å². The lowest BCUT2D eigenvalue weighted by atomic mass is 10.0. The highest BCUT2D eigenvalue weighted by molar-refractivity contribution is 5.95. The van der Waals surface area contributed by atoms with E-state index in [1.807, 2.05) is 18.2 Å². The van der Waals surface area contributed by atoms with E-state index in [4.69, 9.17) is 17.2 Å². The number of nitrogens with one attached hydrogen (secondary N) is 3. The van der Waals surface area contributed by atoms with Gasteiger partial charge in [-0.2, -0.15) is 0 Å². The Morgan fingerprint density at radius 3 is 2.16 bits per heavy atom. The van der Waals surface area contributed by atoms with Gasteiger partial charge in [0.05, 0.1) is 18.9 Å². The molecule has 12 nitrogen and oxygen atoms in total. The molecule has 1 aromatic heterocycles. The average Bonchev–Trinajstić information content (AvgIpc) is 3.08. The summed E-state index contributed by atoms with van der Waals surface area (Å²) in [5, 5.41) is 14.6. The van der Waals surface area contributed by atoms with Gasteiger partial charge in [-0.3, -0.25) is 19.2 Å². The van der Waals surface area contributed by atoms with Gasteiger partial charge < -0.3 is 37.9 Å². The van der Waals surface area contributed by atoms with Gasteiger partial charge in [0.15, 0.2) is 0 Å². The topological polar surface area (TPSA) is 223 Å². The van der Waals surface area contributed by atoms with Gasteiger partial charge in [-0.1, -0.05) is 18.2 Å². The molecule has 0 saturated carbocycles. The van der Waals surface area contributed by atoms with Crippen molar-refractivity contribution in [3.63, 3.8) is 0 Å². The summed E-state index contributed by atoms with van der Waals surface area (Å²) in [5.74, 6) is -4.87. The Hall–Kier alpha value is -3.93. The first-order chi connectivity index (χ1) is 14.6. The van der Waals surface area contributed by atoms with Gasteiger partial charge in [-0.25, -0.2) is 4.79 Å². The highest BCUT2D eigenvalue weighted by Gasteiger charge is 2.30. The molecule has 10 N–H and O–H groups in total. The molecule has 2 rings (SSSR count). The normalized spacial score (nSPS) is 13.7. The largest absolute Gasteiger partial charge is 0.480 e. The summed E-state index contributed by atoms with van der Waals surface area (Å²) in [6.07, 6.45) is 0.564. The Morgan fingerprint density at radius 1 is 0.935 bits per heavy atom. The van der Waals surface area contributed by atoms with Crippen LogP contribution in [0.2, 0.25) is 0 Å². The zero-order chi connectivity index (χ0) is 23.1. The number of nitrogens with two attached hydrogens (primary N) is 3. The van der Waals surface area contributed by atoms with Crippen LogP contribution in [0.4, 0.5) is 0 Å². The third kappa shape index (κ3) is 6.54. The van der Waals surface area contributed by atoms with Crippen LogP contribution in [0.1, 0.15) is 18.4 Å². The molecule has 0 bridgehead atoms. The van der Waals surface area contributed by atoms with Crippen LogP contribution < -0.4 is 27.8 Å². The van der Waals surface area contributed by atoms with E-state index in [1.165, 1.54) is 0 Å². The van der Waals surface area contributed by atoms with Gasteiger partial charge in [0.25, 0.3) is 0 Å². The van der Waals surface area contributed by atoms with Crippen LogP contribution in [0.15, 0.2) is 30.5 Å². The van der Waals surface area contributed by atoms with Crippen LogP contribution in [-0.2, 0) is 30.4 Å². The van der Waals surface area contributed by atoms with Crippen LogP contribution in [0.5, 0.6) is 0 Å². The van der Waals surface area contributed by atoms with Crippen LogP contribution in [0.25, 0.3) is 10.9 Å². The van der Waals surface area contributed by atoms with Gasteiger partial charge in [-0.05, 0) is 11.6 Å². The number of aromatic nitrogens is 1. The zero-order valence-corrected chi connectivity index (χ0v) is 16.5. The average molecular weight is 432 g/mol. The fourth-order valence-electron chi connectivity index (χ4n) is 2.99. The number of H-pyrrole nitrogens is 1. The maximum absolute atomic E-state index is 12.8. The number of para-hydroxylation sites is 1. The van der Waals surface area contributed by atoms with Gasteiger partial charge in [0, 0.05) is 23.5 Å². The monoisotopic (exact) mass is 432 g/mol. The summed E-state index contributed by atoms with van der Waals surface area (Å²) >= 11 is 0. The lowest BCUT2D eigenvalue weighted by Crippen LogP contribution is -2.56. The minimum atomic E-state index is -1.58. The molecule has 0 saturated heterocycles. The fraction of sp³-hybridized carbons (Fsp3) is 0.316. The highest BCUT2D eigenvalue weighted by atomic mass is 16.4. The van der Waals surface area contributed by atoms with Crippen LogP contribution >= 0.6 is 0 Å². The van der Waals surface area contributed by atoms with E-state index in [9.17, 15) is 29.1 Å². The molecule has 1 aromatic carbocycles. The Morgan fingerprint density at radius 2 is 1.55 bits per heavy atom. The molecule has 2 aromatic rings. The summed E-state index contributed by atoms with van der Waals surface area (Å²) in [6.45, 7) is 0. The number of carboxylic acids is 1. The van der Waals surface area contributed by atoms with Gasteiger partial charge in [0.2, 0.25) is 23.6 Å². The lowest BCUT2D eigenvalue weighted by Gasteiger charge is -2.22. The first-order valence-corrected chi connectivity index (χ1v) is 9.29. The number of hydrogen-bond donors (Lipinski definition) is 7. The van der Waals surface area contributed by atoms with Crippen molar-refractivity contribution in [1.29, 1.82) is 0 Å². The number of fused-ring (bicyclic) bond motifs is 1. The minimum absolute atomic E-state index is 0.0201. The highest BCUT2D eigenvalue weighted by Crippen LogP contribution is 2.19. The molecule has 166 valence electrons. The minimum Gasteiger partial charge on any atom is -0.480 e. The fourth-order valence-corrected chi connectivity index (χ4v) is 2.99. The van der Waals surface area contributed by atoms with Crippen molar-refractivity contribution in [2.75, 3.05) is 0 Å². The molecular formula is C19H24N6O6. The van der Waals surface area contributed by atoms with Crippen LogP contribution in [-0.4, -0.2) is 57.8 Å². The molecule has 0 radical (unpaired) electrons. The summed E-state index contributed by atoms with van der Waals surface area (Å²) in [4.78, 5) is 61.7. The zero-order valence-electron chi connectivity index (χ0n) is 16.5. The number of carbonyl (C=O) groups excluding carboxylic acids is 4. The number of hydrogen-bond acceptors (Lipinski definition) is 6. The van der Waals surface area contributed by atoms with Crippen molar-refractivity contribution < 1.29 is 29.1 Å². The third-order valence-corrected chi connectivity index (χ3v) is 4.51. The number of aliphatic carboxylic acids is 1. The van der Waals surface area contributed by atoms with E-state index in [1.54, 1.807) is 12.3 Å². The predicted octanol–water partition coefficient (Wildman–Crippen LogP) is -2.16. The Kier molecular flexibility index (Phi) is 7.69. The van der Waals surface area contributed by atoms with Gasteiger partial charge in [0.1, 0.15) is 12.1 Å². The molecule has 0 aliphatic carbocycles. The molecule has 4 amide bonds.